The van der Waals surface area contributed by atoms with Crippen molar-refractivity contribution in [3.05, 3.63) is 64.8 Å². The van der Waals surface area contributed by atoms with Gasteiger partial charge in [0, 0.05) is 11.1 Å². The van der Waals surface area contributed by atoms with Gasteiger partial charge in [-0.3, -0.25) is 0 Å². The molecule has 0 atom stereocenters. The van der Waals surface area contributed by atoms with Crippen molar-refractivity contribution < 1.29 is 4.42 Å². The summed E-state index contributed by atoms with van der Waals surface area (Å²) in [5, 5.41) is 0.999. The zero-order valence-corrected chi connectivity index (χ0v) is 11.3. The molecule has 0 saturated carbocycles. The van der Waals surface area contributed by atoms with Gasteiger partial charge in [0.05, 0.1) is 10.0 Å². The van der Waals surface area contributed by atoms with Gasteiger partial charge in [-0.1, -0.05) is 53.5 Å². The Morgan fingerprint density at radius 3 is 2.37 bits per heavy atom. The minimum atomic E-state index is 0.485. The number of hydrogen-bond acceptors (Lipinski definition) is 2. The summed E-state index contributed by atoms with van der Waals surface area (Å²) < 4.78 is 5.49. The predicted molar refractivity (Wildman–Crippen MR) is 77.4 cm³/mol. The molecule has 0 amide bonds. The second kappa shape index (κ2) is 5.08. The van der Waals surface area contributed by atoms with Crippen LogP contribution in [0.2, 0.25) is 10.0 Å². The zero-order valence-electron chi connectivity index (χ0n) is 9.81. The normalized spacial score (nSPS) is 10.6. The number of rotatable bonds is 2. The Balaban J connectivity index is 1.99. The molecule has 0 saturated heterocycles. The third-order valence-electron chi connectivity index (χ3n) is 2.74. The zero-order chi connectivity index (χ0) is 13.2. The standard InChI is InChI=1S/C15H9Cl2NO/c16-12-7-6-11(8-13(12)17)15-18-14(9-19-15)10-4-2-1-3-5-10/h1-9H. The lowest BCUT2D eigenvalue weighted by Crippen LogP contribution is -1.80. The van der Waals surface area contributed by atoms with Gasteiger partial charge in [0.25, 0.3) is 0 Å². The van der Waals surface area contributed by atoms with Gasteiger partial charge in [-0.2, -0.15) is 0 Å². The van der Waals surface area contributed by atoms with Crippen LogP contribution in [0.15, 0.2) is 59.2 Å². The summed E-state index contributed by atoms with van der Waals surface area (Å²) >= 11 is 11.9. The van der Waals surface area contributed by atoms with Crippen LogP contribution in [0.25, 0.3) is 22.7 Å². The van der Waals surface area contributed by atoms with Crippen molar-refractivity contribution in [2.24, 2.45) is 0 Å². The molecule has 2 nitrogen and oxygen atoms in total. The lowest BCUT2D eigenvalue weighted by molar-refractivity contribution is 0.575. The van der Waals surface area contributed by atoms with Gasteiger partial charge in [-0.05, 0) is 18.2 Å². The molecule has 0 fully saturated rings. The Kier molecular flexibility index (Phi) is 3.28. The third kappa shape index (κ3) is 2.50. The van der Waals surface area contributed by atoms with Crippen LogP contribution in [0.5, 0.6) is 0 Å². The van der Waals surface area contributed by atoms with Gasteiger partial charge in [-0.15, -0.1) is 0 Å². The Hall–Kier alpha value is -1.77. The van der Waals surface area contributed by atoms with Crippen molar-refractivity contribution in [2.45, 2.75) is 0 Å². The number of oxazole rings is 1. The van der Waals surface area contributed by atoms with E-state index in [1.807, 2.05) is 36.4 Å². The maximum atomic E-state index is 5.99. The predicted octanol–water partition coefficient (Wildman–Crippen LogP) is 5.32. The quantitative estimate of drug-likeness (QED) is 0.638. The van der Waals surface area contributed by atoms with Crippen molar-refractivity contribution in [1.29, 1.82) is 0 Å². The second-order valence-corrected chi connectivity index (χ2v) is 4.85. The molecule has 0 spiro atoms. The molecule has 0 N–H and O–H groups in total. The van der Waals surface area contributed by atoms with Crippen LogP contribution in [-0.2, 0) is 0 Å². The highest BCUT2D eigenvalue weighted by atomic mass is 35.5. The van der Waals surface area contributed by atoms with Crippen LogP contribution < -0.4 is 0 Å². The van der Waals surface area contributed by atoms with Gasteiger partial charge in [0.1, 0.15) is 12.0 Å². The molecular weight excluding hydrogens is 281 g/mol. The molecule has 19 heavy (non-hydrogen) atoms. The van der Waals surface area contributed by atoms with E-state index >= 15 is 0 Å². The van der Waals surface area contributed by atoms with Crippen molar-refractivity contribution in [3.8, 4) is 22.7 Å². The molecule has 2 aromatic carbocycles. The molecule has 1 aromatic heterocycles. The van der Waals surface area contributed by atoms with E-state index in [0.29, 0.717) is 15.9 Å². The van der Waals surface area contributed by atoms with Crippen molar-refractivity contribution >= 4 is 23.2 Å². The first-order valence-electron chi connectivity index (χ1n) is 5.70. The Morgan fingerprint density at radius 2 is 1.63 bits per heavy atom. The van der Waals surface area contributed by atoms with Crippen LogP contribution in [-0.4, -0.2) is 4.98 Å². The van der Waals surface area contributed by atoms with E-state index in [0.717, 1.165) is 16.8 Å². The fourth-order valence-corrected chi connectivity index (χ4v) is 2.08. The molecule has 3 aromatic rings. The molecule has 0 aliphatic rings. The first-order chi connectivity index (χ1) is 9.24. The summed E-state index contributed by atoms with van der Waals surface area (Å²) in [6.07, 6.45) is 1.63. The van der Waals surface area contributed by atoms with E-state index < -0.39 is 0 Å². The Labute approximate surface area is 120 Å². The van der Waals surface area contributed by atoms with Crippen molar-refractivity contribution in [3.63, 3.8) is 0 Å². The summed E-state index contributed by atoms with van der Waals surface area (Å²) in [5.41, 5.74) is 2.61. The van der Waals surface area contributed by atoms with Crippen LogP contribution in [0.4, 0.5) is 0 Å². The highest BCUT2D eigenvalue weighted by Gasteiger charge is 2.09. The summed E-state index contributed by atoms with van der Waals surface area (Å²) in [7, 11) is 0. The van der Waals surface area contributed by atoms with Gasteiger partial charge < -0.3 is 4.42 Å². The first kappa shape index (κ1) is 12.3. The Morgan fingerprint density at radius 1 is 0.842 bits per heavy atom. The summed E-state index contributed by atoms with van der Waals surface area (Å²) in [5.74, 6) is 0.525. The number of aromatic nitrogens is 1. The second-order valence-electron chi connectivity index (χ2n) is 4.03. The van der Waals surface area contributed by atoms with E-state index in [2.05, 4.69) is 4.98 Å². The van der Waals surface area contributed by atoms with Gasteiger partial charge in [-0.25, -0.2) is 4.98 Å². The van der Waals surface area contributed by atoms with Gasteiger partial charge >= 0.3 is 0 Å². The summed E-state index contributed by atoms with van der Waals surface area (Å²) in [6.45, 7) is 0. The molecule has 0 radical (unpaired) electrons. The number of hydrogen-bond donors (Lipinski definition) is 0. The van der Waals surface area contributed by atoms with Crippen LogP contribution >= 0.6 is 23.2 Å². The number of nitrogens with zero attached hydrogens (tertiary/aromatic N) is 1. The molecule has 1 heterocycles. The van der Waals surface area contributed by atoms with Crippen LogP contribution in [0.3, 0.4) is 0 Å². The summed E-state index contributed by atoms with van der Waals surface area (Å²) in [4.78, 5) is 4.45. The lowest BCUT2D eigenvalue weighted by atomic mass is 10.2. The largest absolute Gasteiger partial charge is 0.444 e. The lowest BCUT2D eigenvalue weighted by Gasteiger charge is -1.98. The molecular formula is C15H9Cl2NO. The number of halogens is 2. The highest BCUT2D eigenvalue weighted by Crippen LogP contribution is 2.29. The maximum absolute atomic E-state index is 5.99. The maximum Gasteiger partial charge on any atom is 0.226 e. The highest BCUT2D eigenvalue weighted by molar-refractivity contribution is 6.42. The molecule has 0 aliphatic carbocycles. The van der Waals surface area contributed by atoms with E-state index in [-0.39, 0.29) is 0 Å². The summed E-state index contributed by atoms with van der Waals surface area (Å²) in [6, 6.07) is 15.1. The molecule has 0 bridgehead atoms. The van der Waals surface area contributed by atoms with E-state index in [1.165, 1.54) is 0 Å². The van der Waals surface area contributed by atoms with Crippen LogP contribution in [0.1, 0.15) is 0 Å². The molecule has 0 unspecified atom stereocenters. The SMILES string of the molecule is Clc1ccc(-c2nc(-c3ccccc3)co2)cc1Cl. The average Bonchev–Trinajstić information content (AvgIpc) is 2.93. The van der Waals surface area contributed by atoms with E-state index in [4.69, 9.17) is 27.6 Å². The Bertz CT molecular complexity index is 707. The minimum absolute atomic E-state index is 0.485. The molecule has 94 valence electrons. The molecule has 3 rings (SSSR count). The smallest absolute Gasteiger partial charge is 0.226 e. The first-order valence-corrected chi connectivity index (χ1v) is 6.46. The van der Waals surface area contributed by atoms with Crippen LogP contribution in [0, 0.1) is 0 Å². The van der Waals surface area contributed by atoms with Gasteiger partial charge in [0.15, 0.2) is 0 Å². The number of benzene rings is 2. The minimum Gasteiger partial charge on any atom is -0.444 e. The fraction of sp³-hybridized carbons (Fsp3) is 0. The van der Waals surface area contributed by atoms with E-state index in [9.17, 15) is 0 Å². The van der Waals surface area contributed by atoms with Gasteiger partial charge in [0.2, 0.25) is 5.89 Å². The topological polar surface area (TPSA) is 26.0 Å². The molecule has 0 aliphatic heterocycles. The molecule has 4 heteroatoms. The van der Waals surface area contributed by atoms with Crippen molar-refractivity contribution in [1.82, 2.24) is 4.98 Å². The third-order valence-corrected chi connectivity index (χ3v) is 3.48. The van der Waals surface area contributed by atoms with Crippen molar-refractivity contribution in [2.75, 3.05) is 0 Å². The van der Waals surface area contributed by atoms with E-state index in [1.54, 1.807) is 18.4 Å². The average molecular weight is 290 g/mol. The fourth-order valence-electron chi connectivity index (χ4n) is 1.78. The monoisotopic (exact) mass is 289 g/mol.